The SMILES string of the molecule is Cc1ccc(C(Cc2ccc(C(=N)N)cc2)C(=O)N[C@H](C(=O)NCc2ccc(C(=N)N)cc2)C2CCCCC2)cc1. The van der Waals surface area contributed by atoms with Crippen molar-refractivity contribution < 1.29 is 9.59 Å². The lowest BCUT2D eigenvalue weighted by Crippen LogP contribution is -2.52. The molecule has 4 rings (SSSR count). The van der Waals surface area contributed by atoms with Gasteiger partial charge in [-0.1, -0.05) is 97.6 Å². The molecule has 3 aromatic carbocycles. The van der Waals surface area contributed by atoms with E-state index < -0.39 is 12.0 Å². The molecular weight excluding hydrogens is 512 g/mol. The number of hydrogen-bond donors (Lipinski definition) is 6. The average molecular weight is 553 g/mol. The summed E-state index contributed by atoms with van der Waals surface area (Å²) in [6, 6.07) is 21.9. The van der Waals surface area contributed by atoms with E-state index in [2.05, 4.69) is 10.6 Å². The normalized spacial score (nSPS) is 15.0. The summed E-state index contributed by atoms with van der Waals surface area (Å²) in [5, 5.41) is 21.4. The molecule has 214 valence electrons. The molecule has 1 saturated carbocycles. The lowest BCUT2D eigenvalue weighted by molar-refractivity contribution is -0.131. The Bertz CT molecular complexity index is 1360. The number of benzene rings is 3. The van der Waals surface area contributed by atoms with Gasteiger partial charge in [-0.3, -0.25) is 20.4 Å². The summed E-state index contributed by atoms with van der Waals surface area (Å²) in [5.41, 5.74) is 16.3. The van der Waals surface area contributed by atoms with E-state index in [9.17, 15) is 9.59 Å². The minimum Gasteiger partial charge on any atom is -0.384 e. The molecule has 1 aliphatic carbocycles. The van der Waals surface area contributed by atoms with Crippen LogP contribution in [0.1, 0.15) is 71.4 Å². The van der Waals surface area contributed by atoms with Crippen molar-refractivity contribution in [3.05, 3.63) is 106 Å². The van der Waals surface area contributed by atoms with Gasteiger partial charge in [-0.15, -0.1) is 0 Å². The van der Waals surface area contributed by atoms with E-state index in [4.69, 9.17) is 22.3 Å². The predicted molar refractivity (Wildman–Crippen MR) is 163 cm³/mol. The molecule has 8 N–H and O–H groups in total. The quantitative estimate of drug-likeness (QED) is 0.155. The monoisotopic (exact) mass is 552 g/mol. The van der Waals surface area contributed by atoms with E-state index >= 15 is 0 Å². The van der Waals surface area contributed by atoms with Gasteiger partial charge in [0.25, 0.3) is 0 Å². The number of nitrogens with one attached hydrogen (secondary N) is 4. The summed E-state index contributed by atoms with van der Waals surface area (Å²) in [5.74, 6) is -0.785. The molecule has 2 amide bonds. The fraction of sp³-hybridized carbons (Fsp3) is 0.333. The maximum Gasteiger partial charge on any atom is 0.243 e. The van der Waals surface area contributed by atoms with Crippen LogP contribution in [-0.4, -0.2) is 29.5 Å². The molecule has 41 heavy (non-hydrogen) atoms. The highest BCUT2D eigenvalue weighted by atomic mass is 16.2. The lowest BCUT2D eigenvalue weighted by Gasteiger charge is -2.31. The predicted octanol–water partition coefficient (Wildman–Crippen LogP) is 4.27. The van der Waals surface area contributed by atoms with Gasteiger partial charge in [0, 0.05) is 17.7 Å². The van der Waals surface area contributed by atoms with Gasteiger partial charge in [0.05, 0.1) is 5.92 Å². The summed E-state index contributed by atoms with van der Waals surface area (Å²) in [7, 11) is 0. The molecule has 3 aromatic rings. The maximum absolute atomic E-state index is 14.0. The van der Waals surface area contributed by atoms with Crippen LogP contribution in [0.2, 0.25) is 0 Å². The van der Waals surface area contributed by atoms with Gasteiger partial charge in [-0.25, -0.2) is 0 Å². The Kier molecular flexibility index (Phi) is 9.90. The number of nitrogen functional groups attached to an aromatic ring is 2. The van der Waals surface area contributed by atoms with Crippen molar-refractivity contribution >= 4 is 23.5 Å². The van der Waals surface area contributed by atoms with Gasteiger partial charge in [0.15, 0.2) is 0 Å². The van der Waals surface area contributed by atoms with E-state index in [1.807, 2.05) is 55.5 Å². The third-order valence-electron chi connectivity index (χ3n) is 7.93. The molecule has 0 aliphatic heterocycles. The molecule has 0 bridgehead atoms. The Morgan fingerprint density at radius 3 is 1.85 bits per heavy atom. The van der Waals surface area contributed by atoms with Crippen molar-refractivity contribution in [1.82, 2.24) is 10.6 Å². The second-order valence-corrected chi connectivity index (χ2v) is 11.0. The summed E-state index contributed by atoms with van der Waals surface area (Å²) in [4.78, 5) is 27.5. The summed E-state index contributed by atoms with van der Waals surface area (Å²) >= 11 is 0. The van der Waals surface area contributed by atoms with E-state index in [-0.39, 0.29) is 29.4 Å². The molecular formula is C33H40N6O2. The standard InChI is InChI=1S/C33H40N6O2/c1-21-7-13-24(14-8-21)28(19-22-9-15-26(16-10-22)30(34)35)32(40)39-29(25-5-3-2-4-6-25)33(41)38-20-23-11-17-27(18-12-23)31(36)37/h7-18,25,28-29H,2-6,19-20H2,1H3,(H3,34,35)(H3,36,37)(H,38,41)(H,39,40)/t28?,29-/m0/s1. The molecule has 1 unspecified atom stereocenters. The number of rotatable bonds is 11. The van der Waals surface area contributed by atoms with Gasteiger partial charge in [-0.2, -0.15) is 0 Å². The number of nitrogens with two attached hydrogens (primary N) is 2. The van der Waals surface area contributed by atoms with Crippen LogP contribution in [0.4, 0.5) is 0 Å². The molecule has 8 heteroatoms. The van der Waals surface area contributed by atoms with Crippen LogP contribution in [0.25, 0.3) is 0 Å². The van der Waals surface area contributed by atoms with Crippen LogP contribution >= 0.6 is 0 Å². The van der Waals surface area contributed by atoms with E-state index in [1.54, 1.807) is 24.3 Å². The van der Waals surface area contributed by atoms with Gasteiger partial charge in [-0.05, 0) is 48.8 Å². The van der Waals surface area contributed by atoms with Gasteiger partial charge in [0.1, 0.15) is 17.7 Å². The molecule has 0 spiro atoms. The summed E-state index contributed by atoms with van der Waals surface area (Å²) in [6.07, 6.45) is 5.47. The Balaban J connectivity index is 1.53. The number of carbonyl (C=O) groups excluding carboxylic acids is 2. The van der Waals surface area contributed by atoms with E-state index in [1.165, 1.54) is 0 Å². The number of carbonyl (C=O) groups is 2. The Morgan fingerprint density at radius 1 is 0.780 bits per heavy atom. The lowest BCUT2D eigenvalue weighted by atomic mass is 9.82. The third-order valence-corrected chi connectivity index (χ3v) is 7.93. The first-order chi connectivity index (χ1) is 19.7. The smallest absolute Gasteiger partial charge is 0.243 e. The van der Waals surface area contributed by atoms with Crippen LogP contribution in [0.15, 0.2) is 72.8 Å². The first-order valence-electron chi connectivity index (χ1n) is 14.2. The first kappa shape index (κ1) is 29.5. The van der Waals surface area contributed by atoms with Crippen LogP contribution in [-0.2, 0) is 22.6 Å². The van der Waals surface area contributed by atoms with Crippen molar-refractivity contribution in [2.75, 3.05) is 0 Å². The van der Waals surface area contributed by atoms with Crippen LogP contribution in [0.3, 0.4) is 0 Å². The van der Waals surface area contributed by atoms with Gasteiger partial charge >= 0.3 is 0 Å². The first-order valence-corrected chi connectivity index (χ1v) is 14.2. The molecule has 0 aromatic heterocycles. The fourth-order valence-electron chi connectivity index (χ4n) is 5.44. The van der Waals surface area contributed by atoms with Crippen LogP contribution in [0, 0.1) is 23.7 Å². The zero-order valence-corrected chi connectivity index (χ0v) is 23.6. The van der Waals surface area contributed by atoms with Crippen LogP contribution < -0.4 is 22.1 Å². The van der Waals surface area contributed by atoms with Gasteiger partial charge in [0.2, 0.25) is 11.8 Å². The van der Waals surface area contributed by atoms with E-state index in [0.717, 1.165) is 54.4 Å². The van der Waals surface area contributed by atoms with Crippen molar-refractivity contribution in [3.8, 4) is 0 Å². The largest absolute Gasteiger partial charge is 0.384 e. The van der Waals surface area contributed by atoms with Crippen molar-refractivity contribution in [1.29, 1.82) is 10.8 Å². The minimum atomic E-state index is -0.632. The Labute approximate surface area is 241 Å². The highest BCUT2D eigenvalue weighted by molar-refractivity contribution is 5.95. The molecule has 0 heterocycles. The molecule has 1 fully saturated rings. The molecule has 0 radical (unpaired) electrons. The number of amidine groups is 2. The average Bonchev–Trinajstić information content (AvgIpc) is 2.98. The zero-order valence-electron chi connectivity index (χ0n) is 23.6. The number of aryl methyl sites for hydroxylation is 1. The Hall–Kier alpha value is -4.46. The molecule has 0 saturated heterocycles. The third kappa shape index (κ3) is 8.03. The van der Waals surface area contributed by atoms with Crippen molar-refractivity contribution in [2.24, 2.45) is 17.4 Å². The molecule has 2 atom stereocenters. The Morgan fingerprint density at radius 2 is 1.32 bits per heavy atom. The zero-order chi connectivity index (χ0) is 29.4. The second kappa shape index (κ2) is 13.7. The highest BCUT2D eigenvalue weighted by Gasteiger charge is 2.33. The number of hydrogen-bond acceptors (Lipinski definition) is 4. The van der Waals surface area contributed by atoms with Crippen molar-refractivity contribution in [3.63, 3.8) is 0 Å². The second-order valence-electron chi connectivity index (χ2n) is 11.0. The molecule has 1 aliphatic rings. The van der Waals surface area contributed by atoms with Crippen LogP contribution in [0.5, 0.6) is 0 Å². The number of amides is 2. The summed E-state index contributed by atoms with van der Waals surface area (Å²) in [6.45, 7) is 2.33. The van der Waals surface area contributed by atoms with Gasteiger partial charge < -0.3 is 22.1 Å². The minimum absolute atomic E-state index is 0.000472. The topological polar surface area (TPSA) is 158 Å². The summed E-state index contributed by atoms with van der Waals surface area (Å²) < 4.78 is 0. The maximum atomic E-state index is 14.0. The van der Waals surface area contributed by atoms with E-state index in [0.29, 0.717) is 24.1 Å². The molecule has 8 nitrogen and oxygen atoms in total. The van der Waals surface area contributed by atoms with Crippen molar-refractivity contribution in [2.45, 2.75) is 64.0 Å². The fourth-order valence-corrected chi connectivity index (χ4v) is 5.44. The highest BCUT2D eigenvalue weighted by Crippen LogP contribution is 2.28.